The molecule has 1 aliphatic carbocycles. The van der Waals surface area contributed by atoms with Gasteiger partial charge in [-0.05, 0) is 31.1 Å². The van der Waals surface area contributed by atoms with Crippen molar-refractivity contribution in [2.75, 3.05) is 0 Å². The maximum Gasteiger partial charge on any atom is 0.0272 e. The van der Waals surface area contributed by atoms with Gasteiger partial charge in [0.2, 0.25) is 0 Å². The molecule has 0 heterocycles. The van der Waals surface area contributed by atoms with E-state index >= 15 is 0 Å². The molecule has 1 rings (SSSR count). The third-order valence-corrected chi connectivity index (χ3v) is 1.82. The van der Waals surface area contributed by atoms with E-state index in [0.717, 1.165) is 19.3 Å². The van der Waals surface area contributed by atoms with Crippen molar-refractivity contribution >= 4 is 0 Å². The first kappa shape index (κ1) is 4.60. The molecular weight excluding hydrogens is 96.1 g/mol. The Morgan fingerprint density at radius 1 is 2.00 bits per heavy atom. The monoisotopic (exact) mass is 111 g/mol. The molecule has 0 saturated heterocycles. The van der Waals surface area contributed by atoms with Crippen molar-refractivity contribution in [3.63, 3.8) is 0 Å². The van der Waals surface area contributed by atoms with Gasteiger partial charge in [0, 0.05) is 1.37 Å². The Morgan fingerprint density at radius 3 is 3.00 bits per heavy atom. The fraction of sp³-hybridized carbons (Fsp3) is 0.750. The maximum absolute atomic E-state index is 7.39. The molecule has 2 unspecified atom stereocenters. The van der Waals surface area contributed by atoms with Crippen molar-refractivity contribution in [1.82, 2.24) is 0 Å². The molecule has 46 valence electrons. The van der Waals surface area contributed by atoms with E-state index in [1.807, 2.05) is 6.08 Å². The standard InChI is InChI=1S/C8H14/c1-3-4-5-8(2)6-7-8/h3H,1,4-7H2,2H3/i6D. The number of hydrogen-bond acceptors (Lipinski definition) is 0. The van der Waals surface area contributed by atoms with E-state index in [0.29, 0.717) is 5.41 Å². The molecule has 1 aliphatic rings. The summed E-state index contributed by atoms with van der Waals surface area (Å²) in [4.78, 5) is 0. The van der Waals surface area contributed by atoms with Crippen molar-refractivity contribution in [1.29, 1.82) is 0 Å². The van der Waals surface area contributed by atoms with Crippen LogP contribution in [0.25, 0.3) is 0 Å². The lowest BCUT2D eigenvalue weighted by Crippen LogP contribution is -1.89. The summed E-state index contributed by atoms with van der Waals surface area (Å²) >= 11 is 0. The van der Waals surface area contributed by atoms with Crippen molar-refractivity contribution in [2.24, 2.45) is 5.41 Å². The number of hydrogen-bond donors (Lipinski definition) is 0. The second kappa shape index (κ2) is 1.93. The lowest BCUT2D eigenvalue weighted by molar-refractivity contribution is 0.525. The summed E-state index contributed by atoms with van der Waals surface area (Å²) in [7, 11) is 0. The van der Waals surface area contributed by atoms with Crippen LogP contribution in [0.4, 0.5) is 0 Å². The first-order chi connectivity index (χ1) is 4.19. The van der Waals surface area contributed by atoms with Crippen LogP contribution in [-0.4, -0.2) is 0 Å². The third-order valence-electron chi connectivity index (χ3n) is 1.82. The van der Waals surface area contributed by atoms with Crippen LogP contribution in [0.1, 0.15) is 34.0 Å². The third kappa shape index (κ3) is 1.36. The first-order valence-corrected chi connectivity index (χ1v) is 3.22. The highest BCUT2D eigenvalue weighted by Gasteiger charge is 2.35. The lowest BCUT2D eigenvalue weighted by Gasteiger charge is -2.02. The van der Waals surface area contributed by atoms with Crippen molar-refractivity contribution in [2.45, 2.75) is 32.6 Å². The minimum atomic E-state index is 0.220. The van der Waals surface area contributed by atoms with Crippen LogP contribution in [-0.2, 0) is 0 Å². The van der Waals surface area contributed by atoms with Crippen LogP contribution < -0.4 is 0 Å². The Kier molecular flexibility index (Phi) is 1.11. The minimum absolute atomic E-state index is 0.220. The highest BCUT2D eigenvalue weighted by atomic mass is 14.4. The van der Waals surface area contributed by atoms with E-state index in [9.17, 15) is 0 Å². The predicted molar refractivity (Wildman–Crippen MR) is 36.8 cm³/mol. The molecule has 0 heteroatoms. The average Bonchev–Trinajstić information content (AvgIpc) is 2.38. The molecule has 0 aromatic rings. The van der Waals surface area contributed by atoms with Crippen molar-refractivity contribution in [3.8, 4) is 0 Å². The van der Waals surface area contributed by atoms with Gasteiger partial charge < -0.3 is 0 Å². The molecule has 0 bridgehead atoms. The van der Waals surface area contributed by atoms with Crippen LogP contribution in [0.3, 0.4) is 0 Å². The number of rotatable bonds is 3. The zero-order chi connectivity index (χ0) is 6.91. The Hall–Kier alpha value is -0.260. The Labute approximate surface area is 53.0 Å². The van der Waals surface area contributed by atoms with Crippen molar-refractivity contribution in [3.05, 3.63) is 12.7 Å². The molecule has 0 N–H and O–H groups in total. The molecule has 0 radical (unpaired) electrons. The topological polar surface area (TPSA) is 0 Å². The van der Waals surface area contributed by atoms with Crippen molar-refractivity contribution < 1.29 is 1.37 Å². The van der Waals surface area contributed by atoms with Crippen LogP contribution in [0, 0.1) is 5.41 Å². The van der Waals surface area contributed by atoms with Gasteiger partial charge in [0.1, 0.15) is 0 Å². The van der Waals surface area contributed by atoms with E-state index in [1.54, 1.807) is 0 Å². The number of allylic oxidation sites excluding steroid dienone is 1. The van der Waals surface area contributed by atoms with Crippen LogP contribution in [0.15, 0.2) is 12.7 Å². The first-order valence-electron chi connectivity index (χ1n) is 3.80. The minimum Gasteiger partial charge on any atom is -0.103 e. The van der Waals surface area contributed by atoms with Gasteiger partial charge in [-0.1, -0.05) is 13.0 Å². The molecule has 0 amide bonds. The largest absolute Gasteiger partial charge is 0.103 e. The molecule has 0 aromatic carbocycles. The fourth-order valence-electron chi connectivity index (χ4n) is 0.810. The summed E-state index contributed by atoms with van der Waals surface area (Å²) in [5.41, 5.74) is 0.355. The van der Waals surface area contributed by atoms with Gasteiger partial charge in [-0.15, -0.1) is 6.58 Å². The Balaban J connectivity index is 2.20. The van der Waals surface area contributed by atoms with E-state index in [1.165, 1.54) is 0 Å². The van der Waals surface area contributed by atoms with Gasteiger partial charge in [0.05, 0.1) is 0 Å². The Bertz CT molecular complexity index is 120. The lowest BCUT2D eigenvalue weighted by atomic mass is 10.0. The summed E-state index contributed by atoms with van der Waals surface area (Å²) in [5.74, 6) is 0. The maximum atomic E-state index is 7.39. The van der Waals surface area contributed by atoms with Crippen LogP contribution >= 0.6 is 0 Å². The van der Waals surface area contributed by atoms with E-state index < -0.39 is 0 Å². The Morgan fingerprint density at radius 2 is 2.62 bits per heavy atom. The second-order valence-electron chi connectivity index (χ2n) is 2.89. The van der Waals surface area contributed by atoms with E-state index in [2.05, 4.69) is 13.5 Å². The van der Waals surface area contributed by atoms with E-state index in [-0.39, 0.29) is 6.40 Å². The molecule has 0 spiro atoms. The van der Waals surface area contributed by atoms with Gasteiger partial charge in [0.25, 0.3) is 0 Å². The predicted octanol–water partition coefficient (Wildman–Crippen LogP) is 2.75. The van der Waals surface area contributed by atoms with Crippen LogP contribution in [0.2, 0.25) is 0 Å². The molecule has 0 aliphatic heterocycles. The summed E-state index contributed by atoms with van der Waals surface area (Å²) in [6, 6.07) is 0. The zero-order valence-corrected chi connectivity index (χ0v) is 5.48. The SMILES string of the molecule is [2H]C1CC1(C)CCC=C. The molecular formula is C8H14. The van der Waals surface area contributed by atoms with Gasteiger partial charge in [-0.3, -0.25) is 0 Å². The zero-order valence-electron chi connectivity index (χ0n) is 6.48. The summed E-state index contributed by atoms with van der Waals surface area (Å²) in [5, 5.41) is 0. The summed E-state index contributed by atoms with van der Waals surface area (Å²) in [6.07, 6.45) is 5.49. The molecule has 1 fully saturated rings. The van der Waals surface area contributed by atoms with Gasteiger partial charge in [-0.25, -0.2) is 0 Å². The van der Waals surface area contributed by atoms with Gasteiger partial charge >= 0.3 is 0 Å². The van der Waals surface area contributed by atoms with Gasteiger partial charge in [0.15, 0.2) is 0 Å². The molecule has 0 nitrogen and oxygen atoms in total. The second-order valence-corrected chi connectivity index (χ2v) is 2.89. The molecule has 0 aromatic heterocycles. The fourth-order valence-corrected chi connectivity index (χ4v) is 0.810. The average molecular weight is 111 g/mol. The van der Waals surface area contributed by atoms with Gasteiger partial charge in [-0.2, -0.15) is 0 Å². The molecule has 1 saturated carbocycles. The van der Waals surface area contributed by atoms with Crippen LogP contribution in [0.5, 0.6) is 0 Å². The highest BCUT2D eigenvalue weighted by Crippen LogP contribution is 2.48. The smallest absolute Gasteiger partial charge is 0.0272 e. The molecule has 8 heavy (non-hydrogen) atoms. The summed E-state index contributed by atoms with van der Waals surface area (Å²) in [6.45, 7) is 5.84. The highest BCUT2D eigenvalue weighted by molar-refractivity contribution is 4.89. The summed E-state index contributed by atoms with van der Waals surface area (Å²) < 4.78 is 7.39. The normalized spacial score (nSPS) is 45.6. The quantitative estimate of drug-likeness (QED) is 0.491. The van der Waals surface area contributed by atoms with E-state index in [4.69, 9.17) is 1.37 Å². The molecule has 2 atom stereocenters.